The van der Waals surface area contributed by atoms with Crippen molar-refractivity contribution in [1.82, 2.24) is 4.90 Å². The lowest BCUT2D eigenvalue weighted by atomic mass is 10.1. The van der Waals surface area contributed by atoms with E-state index in [2.05, 4.69) is 21.7 Å². The molecule has 11 heteroatoms. The van der Waals surface area contributed by atoms with E-state index in [0.29, 0.717) is 43.7 Å². The average molecular weight is 615 g/mol. The minimum atomic E-state index is -0.251. The number of guanidine groups is 1. The fourth-order valence-electron chi connectivity index (χ4n) is 4.17. The second kappa shape index (κ2) is 18.4. The van der Waals surface area contributed by atoms with Crippen LogP contribution in [0, 0.1) is 24.1 Å². The molecule has 0 aliphatic carbocycles. The standard InChI is InChI=1S/C27H25FN4O.C4H11N3.C3H7NO/c1-19-6-7-23(17-26(19)30-20(2)22-5-3-4-21(16-22)18-29)27(33)32-14-12-31(13-15-32)25-10-8-24(28)9-11-25;1-2-3-7-4(5)6;1-2-3(4)5/h3-11,16-17H,12-15H2,1-2H3;2-3H2,1H3,(H4,5,6,7);2H2,1H3,(H2,4,5). The number of anilines is 1. The Bertz CT molecular complexity index is 1520. The van der Waals surface area contributed by atoms with Crippen LogP contribution in [0.5, 0.6) is 0 Å². The van der Waals surface area contributed by atoms with Crippen molar-refractivity contribution in [2.75, 3.05) is 37.6 Å². The molecule has 1 fully saturated rings. The number of carbonyl (C=O) groups excluding carboxylic acids is 2. The zero-order valence-corrected chi connectivity index (χ0v) is 26.5. The van der Waals surface area contributed by atoms with Crippen molar-refractivity contribution in [2.45, 2.75) is 40.5 Å². The number of aliphatic imine (C=N–C) groups is 2. The smallest absolute Gasteiger partial charge is 0.254 e. The number of hydrogen-bond acceptors (Lipinski definition) is 6. The molecule has 10 nitrogen and oxygen atoms in total. The monoisotopic (exact) mass is 614 g/mol. The molecule has 0 atom stereocenters. The fraction of sp³-hybridized carbons (Fsp3) is 0.324. The summed E-state index contributed by atoms with van der Waals surface area (Å²) in [5.41, 5.74) is 20.2. The van der Waals surface area contributed by atoms with Gasteiger partial charge in [0, 0.05) is 56.1 Å². The second-order valence-electron chi connectivity index (χ2n) is 10.3. The van der Waals surface area contributed by atoms with Crippen LogP contribution in [-0.2, 0) is 4.79 Å². The minimum Gasteiger partial charge on any atom is -0.370 e. The van der Waals surface area contributed by atoms with Crippen LogP contribution in [0.4, 0.5) is 15.8 Å². The number of halogens is 1. The lowest BCUT2D eigenvalue weighted by Crippen LogP contribution is -2.48. The van der Waals surface area contributed by atoms with Crippen LogP contribution in [0.2, 0.25) is 0 Å². The van der Waals surface area contributed by atoms with E-state index in [0.717, 1.165) is 41.2 Å². The maximum absolute atomic E-state index is 13.2. The zero-order chi connectivity index (χ0) is 33.4. The normalized spacial score (nSPS) is 12.5. The molecule has 1 heterocycles. The second-order valence-corrected chi connectivity index (χ2v) is 10.3. The fourth-order valence-corrected chi connectivity index (χ4v) is 4.17. The van der Waals surface area contributed by atoms with Gasteiger partial charge in [-0.2, -0.15) is 5.26 Å². The predicted molar refractivity (Wildman–Crippen MR) is 179 cm³/mol. The number of amides is 2. The van der Waals surface area contributed by atoms with Crippen molar-refractivity contribution >= 4 is 34.9 Å². The molecule has 0 spiro atoms. The summed E-state index contributed by atoms with van der Waals surface area (Å²) in [6, 6.07) is 21.5. The first-order valence-corrected chi connectivity index (χ1v) is 14.8. The summed E-state index contributed by atoms with van der Waals surface area (Å²) in [4.78, 5) is 35.2. The van der Waals surface area contributed by atoms with Crippen LogP contribution in [0.25, 0.3) is 0 Å². The van der Waals surface area contributed by atoms with Crippen LogP contribution in [0.3, 0.4) is 0 Å². The van der Waals surface area contributed by atoms with E-state index < -0.39 is 0 Å². The maximum atomic E-state index is 13.2. The van der Waals surface area contributed by atoms with Crippen molar-refractivity contribution < 1.29 is 14.0 Å². The van der Waals surface area contributed by atoms with E-state index in [1.165, 1.54) is 12.1 Å². The number of hydrogen-bond donors (Lipinski definition) is 3. The van der Waals surface area contributed by atoms with E-state index in [1.54, 1.807) is 25.1 Å². The third-order valence-electron chi connectivity index (χ3n) is 6.78. The molecule has 0 radical (unpaired) electrons. The molecule has 6 N–H and O–H groups in total. The van der Waals surface area contributed by atoms with Gasteiger partial charge in [0.2, 0.25) is 5.91 Å². The van der Waals surface area contributed by atoms with Crippen molar-refractivity contribution in [2.24, 2.45) is 27.2 Å². The van der Waals surface area contributed by atoms with Gasteiger partial charge < -0.3 is 27.0 Å². The largest absolute Gasteiger partial charge is 0.370 e. The summed E-state index contributed by atoms with van der Waals surface area (Å²) < 4.78 is 13.2. The molecule has 45 heavy (non-hydrogen) atoms. The summed E-state index contributed by atoms with van der Waals surface area (Å²) in [6.45, 7) is 10.9. The molecule has 3 aromatic carbocycles. The van der Waals surface area contributed by atoms with Gasteiger partial charge in [-0.15, -0.1) is 0 Å². The van der Waals surface area contributed by atoms with Crippen LogP contribution < -0.4 is 22.1 Å². The lowest BCUT2D eigenvalue weighted by Gasteiger charge is -2.36. The zero-order valence-electron chi connectivity index (χ0n) is 26.5. The lowest BCUT2D eigenvalue weighted by molar-refractivity contribution is -0.117. The first kappa shape index (κ1) is 36.0. The van der Waals surface area contributed by atoms with E-state index >= 15 is 0 Å². The Hall–Kier alpha value is -5.24. The Morgan fingerprint density at radius 1 is 0.933 bits per heavy atom. The molecule has 2 amide bonds. The molecule has 1 aliphatic heterocycles. The summed E-state index contributed by atoms with van der Waals surface area (Å²) in [6.07, 6.45) is 1.44. The van der Waals surface area contributed by atoms with Gasteiger partial charge in [-0.25, -0.2) is 4.39 Å². The first-order chi connectivity index (χ1) is 21.5. The minimum absolute atomic E-state index is 0.0191. The molecule has 1 aliphatic rings. The number of aryl methyl sites for hydroxylation is 1. The molecule has 0 bridgehead atoms. The van der Waals surface area contributed by atoms with Crippen molar-refractivity contribution in [3.05, 3.63) is 94.8 Å². The van der Waals surface area contributed by atoms with Gasteiger partial charge in [0.05, 0.1) is 17.3 Å². The van der Waals surface area contributed by atoms with Gasteiger partial charge in [0.1, 0.15) is 5.82 Å². The Labute approximate surface area is 265 Å². The van der Waals surface area contributed by atoms with Crippen molar-refractivity contribution in [3.8, 4) is 6.07 Å². The number of nitrogens with two attached hydrogens (primary N) is 3. The molecule has 4 rings (SSSR count). The molecule has 0 unspecified atom stereocenters. The average Bonchev–Trinajstić information content (AvgIpc) is 3.05. The Morgan fingerprint density at radius 2 is 1.58 bits per heavy atom. The maximum Gasteiger partial charge on any atom is 0.254 e. The van der Waals surface area contributed by atoms with Gasteiger partial charge in [0.15, 0.2) is 5.96 Å². The van der Waals surface area contributed by atoms with E-state index in [1.807, 2.05) is 62.1 Å². The molecular weight excluding hydrogens is 571 g/mol. The van der Waals surface area contributed by atoms with Crippen LogP contribution in [-0.4, -0.2) is 61.1 Å². The van der Waals surface area contributed by atoms with E-state index in [4.69, 9.17) is 21.7 Å². The number of primary amides is 1. The third kappa shape index (κ3) is 12.1. The molecule has 1 saturated heterocycles. The van der Waals surface area contributed by atoms with Gasteiger partial charge in [0.25, 0.3) is 5.91 Å². The van der Waals surface area contributed by atoms with Gasteiger partial charge >= 0.3 is 0 Å². The SMILES string of the molecule is CC(=Nc1cc(C(=O)N2CCN(c3ccc(F)cc3)CC2)ccc1C)c1cccc(C#N)c1.CCC(N)=O.CCCN=C(N)N. The predicted octanol–water partition coefficient (Wildman–Crippen LogP) is 4.66. The molecule has 0 aromatic heterocycles. The number of piperazine rings is 1. The van der Waals surface area contributed by atoms with Crippen molar-refractivity contribution in [1.29, 1.82) is 5.26 Å². The highest BCUT2D eigenvalue weighted by Gasteiger charge is 2.23. The van der Waals surface area contributed by atoms with Gasteiger partial charge in [-0.1, -0.05) is 32.0 Å². The number of carbonyl (C=O) groups is 2. The summed E-state index contributed by atoms with van der Waals surface area (Å²) in [5.74, 6) is -0.334. The summed E-state index contributed by atoms with van der Waals surface area (Å²) in [5, 5.41) is 9.14. The highest BCUT2D eigenvalue weighted by molar-refractivity contribution is 6.01. The summed E-state index contributed by atoms with van der Waals surface area (Å²) in [7, 11) is 0. The van der Waals surface area contributed by atoms with Gasteiger partial charge in [-0.05, 0) is 79.9 Å². The van der Waals surface area contributed by atoms with Crippen LogP contribution in [0.1, 0.15) is 60.7 Å². The summed E-state index contributed by atoms with van der Waals surface area (Å²) >= 11 is 0. The quantitative estimate of drug-likeness (QED) is 0.258. The highest BCUT2D eigenvalue weighted by atomic mass is 19.1. The number of benzene rings is 3. The first-order valence-electron chi connectivity index (χ1n) is 14.8. The highest BCUT2D eigenvalue weighted by Crippen LogP contribution is 2.24. The van der Waals surface area contributed by atoms with E-state index in [9.17, 15) is 14.0 Å². The molecular formula is C34H43FN8O2. The molecule has 0 saturated carbocycles. The van der Waals surface area contributed by atoms with Gasteiger partial charge in [-0.3, -0.25) is 19.6 Å². The Morgan fingerprint density at radius 3 is 2.11 bits per heavy atom. The molecule has 238 valence electrons. The van der Waals surface area contributed by atoms with Crippen molar-refractivity contribution in [3.63, 3.8) is 0 Å². The number of rotatable bonds is 7. The topological polar surface area (TPSA) is 167 Å². The van der Waals surface area contributed by atoms with Crippen LogP contribution >= 0.6 is 0 Å². The number of nitriles is 1. The molecule has 3 aromatic rings. The third-order valence-corrected chi connectivity index (χ3v) is 6.78. The Kier molecular flexibility index (Phi) is 14.7. The Balaban J connectivity index is 0.000000500. The van der Waals surface area contributed by atoms with Crippen LogP contribution in [0.15, 0.2) is 76.7 Å². The van der Waals surface area contributed by atoms with E-state index in [-0.39, 0.29) is 23.6 Å². The number of nitrogens with zero attached hydrogens (tertiary/aromatic N) is 5.